The lowest BCUT2D eigenvalue weighted by Crippen LogP contribution is -2.39. The van der Waals surface area contributed by atoms with E-state index in [9.17, 15) is 9.90 Å². The predicted molar refractivity (Wildman–Crippen MR) is 57.5 cm³/mol. The van der Waals surface area contributed by atoms with Crippen molar-refractivity contribution >= 4 is 5.97 Å². The zero-order chi connectivity index (χ0) is 11.3. The van der Waals surface area contributed by atoms with Gasteiger partial charge in [-0.2, -0.15) is 0 Å². The lowest BCUT2D eigenvalue weighted by atomic mass is 10.1. The van der Waals surface area contributed by atoms with E-state index in [1.165, 1.54) is 0 Å². The Bertz CT molecular complexity index is 206. The number of carbonyl (C=O) groups excluding carboxylic acids is 1. The van der Waals surface area contributed by atoms with Gasteiger partial charge in [-0.25, -0.2) is 0 Å². The topological polar surface area (TPSA) is 49.8 Å². The molecule has 15 heavy (non-hydrogen) atoms. The molecule has 1 fully saturated rings. The van der Waals surface area contributed by atoms with Gasteiger partial charge in [0.05, 0.1) is 18.6 Å². The van der Waals surface area contributed by atoms with Crippen LogP contribution in [0.5, 0.6) is 0 Å². The Labute approximate surface area is 91.2 Å². The summed E-state index contributed by atoms with van der Waals surface area (Å²) < 4.78 is 5.04. The first-order valence-corrected chi connectivity index (χ1v) is 5.68. The predicted octanol–water partition coefficient (Wildman–Crippen LogP) is 0.785. The molecule has 0 unspecified atom stereocenters. The van der Waals surface area contributed by atoms with Crippen LogP contribution in [0.25, 0.3) is 0 Å². The molecule has 0 aromatic carbocycles. The van der Waals surface area contributed by atoms with E-state index in [1.54, 1.807) is 0 Å². The van der Waals surface area contributed by atoms with Gasteiger partial charge in [-0.1, -0.05) is 0 Å². The minimum Gasteiger partial charge on any atom is -0.463 e. The smallest absolute Gasteiger partial charge is 0.307 e. The molecule has 1 heterocycles. The van der Waals surface area contributed by atoms with E-state index in [0.717, 1.165) is 19.4 Å². The van der Waals surface area contributed by atoms with Crippen LogP contribution in [0.3, 0.4) is 0 Å². The van der Waals surface area contributed by atoms with Crippen LogP contribution in [0.1, 0.15) is 33.1 Å². The van der Waals surface area contributed by atoms with Crippen LogP contribution in [-0.2, 0) is 9.53 Å². The van der Waals surface area contributed by atoms with Gasteiger partial charge in [0.1, 0.15) is 0 Å². The summed E-state index contributed by atoms with van der Waals surface area (Å²) in [5.41, 5.74) is 0. The highest BCUT2D eigenvalue weighted by Gasteiger charge is 2.18. The van der Waals surface area contributed by atoms with Gasteiger partial charge in [0.25, 0.3) is 0 Å². The second-order valence-corrected chi connectivity index (χ2v) is 4.39. The van der Waals surface area contributed by atoms with Crippen LogP contribution in [0, 0.1) is 0 Å². The summed E-state index contributed by atoms with van der Waals surface area (Å²) in [6.07, 6.45) is 2.06. The molecule has 0 amide bonds. The number of ether oxygens (including phenoxy) is 1. The van der Waals surface area contributed by atoms with Gasteiger partial charge in [0.15, 0.2) is 0 Å². The normalized spacial score (nSPS) is 23.1. The first kappa shape index (κ1) is 12.5. The quantitative estimate of drug-likeness (QED) is 0.704. The number of hydrogen-bond acceptors (Lipinski definition) is 4. The van der Waals surface area contributed by atoms with Crippen LogP contribution in [0.15, 0.2) is 0 Å². The number of hydrogen-bond donors (Lipinski definition) is 1. The van der Waals surface area contributed by atoms with Crippen molar-refractivity contribution in [2.75, 3.05) is 19.6 Å². The largest absolute Gasteiger partial charge is 0.463 e. The highest BCUT2D eigenvalue weighted by atomic mass is 16.5. The van der Waals surface area contributed by atoms with Gasteiger partial charge in [0, 0.05) is 13.1 Å². The van der Waals surface area contributed by atoms with E-state index in [1.807, 2.05) is 13.8 Å². The zero-order valence-corrected chi connectivity index (χ0v) is 9.61. The molecule has 1 aliphatic rings. The van der Waals surface area contributed by atoms with E-state index >= 15 is 0 Å². The van der Waals surface area contributed by atoms with E-state index in [2.05, 4.69) is 4.90 Å². The average molecular weight is 215 g/mol. The molecule has 1 atom stereocenters. The van der Waals surface area contributed by atoms with Crippen molar-refractivity contribution in [3.05, 3.63) is 0 Å². The van der Waals surface area contributed by atoms with Crippen LogP contribution in [0.4, 0.5) is 0 Å². The summed E-state index contributed by atoms with van der Waals surface area (Å²) in [6, 6.07) is 0. The summed E-state index contributed by atoms with van der Waals surface area (Å²) in [5, 5.41) is 9.43. The number of nitrogens with zero attached hydrogens (tertiary/aromatic N) is 1. The van der Waals surface area contributed by atoms with Crippen LogP contribution in [-0.4, -0.2) is 47.8 Å². The summed E-state index contributed by atoms with van der Waals surface area (Å²) in [4.78, 5) is 13.4. The second kappa shape index (κ2) is 6.08. The van der Waals surface area contributed by atoms with Gasteiger partial charge in [0.2, 0.25) is 0 Å². The molecule has 4 heteroatoms. The monoisotopic (exact) mass is 215 g/mol. The third-order valence-electron chi connectivity index (χ3n) is 2.48. The summed E-state index contributed by atoms with van der Waals surface area (Å²) >= 11 is 0. The molecule has 1 aliphatic heterocycles. The highest BCUT2D eigenvalue weighted by molar-refractivity contribution is 5.69. The molecule has 1 saturated heterocycles. The number of carbonyl (C=O) groups is 1. The Kier molecular flexibility index (Phi) is 5.05. The maximum atomic E-state index is 11.3. The van der Waals surface area contributed by atoms with Crippen molar-refractivity contribution in [1.29, 1.82) is 0 Å². The Morgan fingerprint density at radius 3 is 2.93 bits per heavy atom. The fourth-order valence-electron chi connectivity index (χ4n) is 1.81. The van der Waals surface area contributed by atoms with Crippen molar-refractivity contribution in [3.63, 3.8) is 0 Å². The van der Waals surface area contributed by atoms with E-state index < -0.39 is 0 Å². The number of piperidine rings is 1. The molecule has 1 rings (SSSR count). The number of likely N-dealkylation sites (tertiary alicyclic amines) is 1. The van der Waals surface area contributed by atoms with Crippen molar-refractivity contribution in [3.8, 4) is 0 Å². The van der Waals surface area contributed by atoms with Gasteiger partial charge in [-0.3, -0.25) is 4.79 Å². The number of rotatable bonds is 4. The van der Waals surface area contributed by atoms with Crippen molar-refractivity contribution in [2.24, 2.45) is 0 Å². The number of esters is 1. The Balaban J connectivity index is 2.16. The fourth-order valence-corrected chi connectivity index (χ4v) is 1.81. The van der Waals surface area contributed by atoms with E-state index in [-0.39, 0.29) is 18.2 Å². The maximum Gasteiger partial charge on any atom is 0.307 e. The summed E-state index contributed by atoms with van der Waals surface area (Å²) in [6.45, 7) is 6.06. The molecule has 0 spiro atoms. The standard InChI is InChI=1S/C11H21NO3/c1-9(2)15-11(14)5-7-12-6-3-4-10(13)8-12/h9-10,13H,3-8H2,1-2H3/t10-/m1/s1. The highest BCUT2D eigenvalue weighted by Crippen LogP contribution is 2.10. The minimum absolute atomic E-state index is 0.0375. The zero-order valence-electron chi connectivity index (χ0n) is 9.61. The fraction of sp³-hybridized carbons (Fsp3) is 0.909. The molecule has 0 aromatic heterocycles. The Hall–Kier alpha value is -0.610. The summed E-state index contributed by atoms with van der Waals surface area (Å²) in [7, 11) is 0. The summed E-state index contributed by atoms with van der Waals surface area (Å²) in [5.74, 6) is -0.148. The minimum atomic E-state index is -0.222. The third-order valence-corrected chi connectivity index (χ3v) is 2.48. The molecule has 4 nitrogen and oxygen atoms in total. The molecular weight excluding hydrogens is 194 g/mol. The van der Waals surface area contributed by atoms with E-state index in [0.29, 0.717) is 19.5 Å². The first-order valence-electron chi connectivity index (χ1n) is 5.68. The third kappa shape index (κ3) is 5.14. The van der Waals surface area contributed by atoms with E-state index in [4.69, 9.17) is 4.74 Å². The van der Waals surface area contributed by atoms with Gasteiger partial charge in [-0.05, 0) is 33.2 Å². The lowest BCUT2D eigenvalue weighted by molar-refractivity contribution is -0.147. The molecule has 0 bridgehead atoms. The van der Waals surface area contributed by atoms with Crippen LogP contribution >= 0.6 is 0 Å². The van der Waals surface area contributed by atoms with Crippen molar-refractivity contribution < 1.29 is 14.6 Å². The van der Waals surface area contributed by atoms with Crippen molar-refractivity contribution in [1.82, 2.24) is 4.90 Å². The van der Waals surface area contributed by atoms with Crippen molar-refractivity contribution in [2.45, 2.75) is 45.3 Å². The molecule has 0 radical (unpaired) electrons. The molecular formula is C11H21NO3. The number of β-amino-alcohol motifs (C(OH)–C–C–N with tert-alkyl or cyclic N) is 1. The lowest BCUT2D eigenvalue weighted by Gasteiger charge is -2.29. The average Bonchev–Trinajstić information content (AvgIpc) is 2.14. The Morgan fingerprint density at radius 1 is 1.60 bits per heavy atom. The van der Waals surface area contributed by atoms with Crippen LogP contribution < -0.4 is 0 Å². The van der Waals surface area contributed by atoms with Gasteiger partial charge in [-0.15, -0.1) is 0 Å². The number of aliphatic hydroxyl groups excluding tert-OH is 1. The Morgan fingerprint density at radius 2 is 2.33 bits per heavy atom. The molecule has 1 N–H and O–H groups in total. The first-order chi connectivity index (χ1) is 7.08. The molecule has 0 aliphatic carbocycles. The molecule has 0 saturated carbocycles. The molecule has 0 aromatic rings. The number of aliphatic hydroxyl groups is 1. The van der Waals surface area contributed by atoms with Crippen LogP contribution in [0.2, 0.25) is 0 Å². The van der Waals surface area contributed by atoms with Gasteiger partial charge < -0.3 is 14.7 Å². The molecule has 88 valence electrons. The second-order valence-electron chi connectivity index (χ2n) is 4.39. The SMILES string of the molecule is CC(C)OC(=O)CCN1CCC[C@@H](O)C1. The maximum absolute atomic E-state index is 11.3. The van der Waals surface area contributed by atoms with Gasteiger partial charge >= 0.3 is 5.97 Å².